The molecule has 0 spiro atoms. The van der Waals surface area contributed by atoms with Gasteiger partial charge in [0.25, 0.3) is 0 Å². The summed E-state index contributed by atoms with van der Waals surface area (Å²) in [6, 6.07) is 2.40. The molecule has 0 aromatic heterocycles. The molecule has 1 rings (SSSR count). The summed E-state index contributed by atoms with van der Waals surface area (Å²) in [5.41, 5.74) is -1.11. The molecule has 0 fully saturated rings. The number of nitrogens with zero attached hydrogens (tertiary/aromatic N) is 1. The highest BCUT2D eigenvalue weighted by Crippen LogP contribution is 2.32. The van der Waals surface area contributed by atoms with Gasteiger partial charge in [-0.2, -0.15) is 4.39 Å². The van der Waals surface area contributed by atoms with Crippen LogP contribution in [0.4, 0.5) is 10.1 Å². The van der Waals surface area contributed by atoms with Gasteiger partial charge >= 0.3 is 5.69 Å². The Labute approximate surface area is 91.0 Å². The molecule has 0 saturated carbocycles. The molecule has 0 amide bonds. The fourth-order valence-corrected chi connectivity index (χ4v) is 1.26. The van der Waals surface area contributed by atoms with Crippen LogP contribution in [0.1, 0.15) is 24.2 Å². The van der Waals surface area contributed by atoms with Crippen molar-refractivity contribution in [3.8, 4) is 5.75 Å². The smallest absolute Gasteiger partial charge is 0.346 e. The Bertz CT molecular complexity index is 445. The highest BCUT2D eigenvalue weighted by Gasteiger charge is 2.26. The largest absolute Gasteiger partial charge is 0.487 e. The van der Waals surface area contributed by atoms with Crippen LogP contribution in [-0.2, 0) is 0 Å². The zero-order valence-corrected chi connectivity index (χ0v) is 8.82. The van der Waals surface area contributed by atoms with Crippen molar-refractivity contribution in [3.63, 3.8) is 0 Å². The van der Waals surface area contributed by atoms with Crippen molar-refractivity contribution >= 4 is 11.5 Å². The van der Waals surface area contributed by atoms with Gasteiger partial charge in [0.05, 0.1) is 17.1 Å². The van der Waals surface area contributed by atoms with Gasteiger partial charge in [-0.05, 0) is 26.0 Å². The van der Waals surface area contributed by atoms with Crippen LogP contribution >= 0.6 is 0 Å². The summed E-state index contributed by atoms with van der Waals surface area (Å²) in [5, 5.41) is 10.7. The van der Waals surface area contributed by atoms with Gasteiger partial charge in [0.2, 0.25) is 5.82 Å². The van der Waals surface area contributed by atoms with E-state index < -0.39 is 22.2 Å². The van der Waals surface area contributed by atoms with Gasteiger partial charge in [-0.1, -0.05) is 0 Å². The Morgan fingerprint density at radius 2 is 2.19 bits per heavy atom. The highest BCUT2D eigenvalue weighted by atomic mass is 19.1. The quantitative estimate of drug-likeness (QED) is 0.449. The molecule has 86 valence electrons. The van der Waals surface area contributed by atoms with Crippen molar-refractivity contribution < 1.29 is 18.8 Å². The van der Waals surface area contributed by atoms with Gasteiger partial charge in [-0.15, -0.1) is 0 Å². The number of hydrogen-bond acceptors (Lipinski definition) is 4. The molecule has 0 radical (unpaired) electrons. The summed E-state index contributed by atoms with van der Waals surface area (Å²) in [5.74, 6) is -1.89. The molecule has 0 unspecified atom stereocenters. The molecule has 0 aliphatic heterocycles. The second kappa shape index (κ2) is 4.69. The molecule has 0 atom stereocenters. The molecule has 6 heteroatoms. The van der Waals surface area contributed by atoms with E-state index >= 15 is 0 Å². The van der Waals surface area contributed by atoms with E-state index in [0.29, 0.717) is 0 Å². The molecule has 0 aliphatic carbocycles. The number of carbonyl (C=O) groups is 1. The lowest BCUT2D eigenvalue weighted by Gasteiger charge is -2.06. The van der Waals surface area contributed by atoms with Crippen molar-refractivity contribution in [2.45, 2.75) is 13.8 Å². The van der Waals surface area contributed by atoms with Gasteiger partial charge in [-0.3, -0.25) is 14.9 Å². The Balaban J connectivity index is 3.41. The Morgan fingerprint density at radius 3 is 2.62 bits per heavy atom. The van der Waals surface area contributed by atoms with E-state index in [1.54, 1.807) is 6.92 Å². The monoisotopic (exact) mass is 227 g/mol. The maximum Gasteiger partial charge on any atom is 0.346 e. The Kier molecular flexibility index (Phi) is 3.55. The fourth-order valence-electron chi connectivity index (χ4n) is 1.26. The maximum absolute atomic E-state index is 13.6. The number of benzene rings is 1. The Morgan fingerprint density at radius 1 is 1.56 bits per heavy atom. The van der Waals surface area contributed by atoms with Crippen molar-refractivity contribution in [2.24, 2.45) is 0 Å². The molecular formula is C10H10FNO4. The average molecular weight is 227 g/mol. The number of ether oxygens (including phenoxy) is 1. The molecule has 1 aromatic rings. The predicted octanol–water partition coefficient (Wildman–Crippen LogP) is 2.34. The molecule has 0 bridgehead atoms. The van der Waals surface area contributed by atoms with Crippen LogP contribution in [0, 0.1) is 15.9 Å². The zero-order chi connectivity index (χ0) is 12.3. The van der Waals surface area contributed by atoms with E-state index in [4.69, 9.17) is 4.74 Å². The van der Waals surface area contributed by atoms with Crippen LogP contribution in [0.3, 0.4) is 0 Å². The van der Waals surface area contributed by atoms with Crippen LogP contribution in [0.25, 0.3) is 0 Å². The van der Waals surface area contributed by atoms with Crippen LogP contribution in [0.15, 0.2) is 12.1 Å². The number of hydrogen-bond donors (Lipinski definition) is 0. The number of rotatable bonds is 4. The standard InChI is InChI=1S/C10H10FNO4/c1-3-16-8-5-4-7(6(2)13)9(11)10(8)12(14)15/h4-5H,3H2,1-2H3. The lowest BCUT2D eigenvalue weighted by Crippen LogP contribution is -2.05. The molecule has 1 aromatic carbocycles. The first-order valence-electron chi connectivity index (χ1n) is 4.59. The molecule has 0 aliphatic rings. The minimum Gasteiger partial charge on any atom is -0.487 e. The lowest BCUT2D eigenvalue weighted by molar-refractivity contribution is -0.388. The zero-order valence-electron chi connectivity index (χ0n) is 8.82. The molecule has 0 saturated heterocycles. The molecule has 16 heavy (non-hydrogen) atoms. The van der Waals surface area contributed by atoms with Crippen LogP contribution in [0.2, 0.25) is 0 Å². The van der Waals surface area contributed by atoms with Crippen molar-refractivity contribution in [2.75, 3.05) is 6.61 Å². The van der Waals surface area contributed by atoms with Gasteiger partial charge in [-0.25, -0.2) is 0 Å². The van der Waals surface area contributed by atoms with Crippen LogP contribution < -0.4 is 4.74 Å². The second-order valence-corrected chi connectivity index (χ2v) is 3.02. The van der Waals surface area contributed by atoms with Crippen LogP contribution in [0.5, 0.6) is 5.75 Å². The van der Waals surface area contributed by atoms with E-state index in [2.05, 4.69) is 0 Å². The first kappa shape index (κ1) is 12.1. The number of nitro groups is 1. The van der Waals surface area contributed by atoms with Gasteiger partial charge in [0, 0.05) is 0 Å². The lowest BCUT2D eigenvalue weighted by atomic mass is 10.1. The van der Waals surface area contributed by atoms with E-state index in [0.717, 1.165) is 6.92 Å². The number of carbonyl (C=O) groups excluding carboxylic acids is 1. The number of halogens is 1. The van der Waals surface area contributed by atoms with Gasteiger partial charge in [0.15, 0.2) is 11.5 Å². The molecule has 5 nitrogen and oxygen atoms in total. The first-order chi connectivity index (χ1) is 7.49. The van der Waals surface area contributed by atoms with Crippen molar-refractivity contribution in [1.29, 1.82) is 0 Å². The SMILES string of the molecule is CCOc1ccc(C(C)=O)c(F)c1[N+](=O)[O-]. The molecular weight excluding hydrogens is 217 g/mol. The summed E-state index contributed by atoms with van der Waals surface area (Å²) < 4.78 is 18.5. The van der Waals surface area contributed by atoms with Crippen molar-refractivity contribution in [3.05, 3.63) is 33.6 Å². The average Bonchev–Trinajstić information content (AvgIpc) is 2.17. The van der Waals surface area contributed by atoms with E-state index in [1.807, 2.05) is 0 Å². The summed E-state index contributed by atoms with van der Waals surface area (Å²) in [6.45, 7) is 2.95. The topological polar surface area (TPSA) is 69.4 Å². The molecule has 0 N–H and O–H groups in total. The van der Waals surface area contributed by atoms with E-state index in [-0.39, 0.29) is 17.9 Å². The van der Waals surface area contributed by atoms with E-state index in [1.165, 1.54) is 12.1 Å². The van der Waals surface area contributed by atoms with Gasteiger partial charge in [0.1, 0.15) is 0 Å². The number of ketones is 1. The Hall–Kier alpha value is -1.98. The minimum absolute atomic E-state index is 0.171. The van der Waals surface area contributed by atoms with E-state index in [9.17, 15) is 19.3 Å². The van der Waals surface area contributed by atoms with Crippen molar-refractivity contribution in [1.82, 2.24) is 0 Å². The summed E-state index contributed by atoms with van der Waals surface area (Å²) in [7, 11) is 0. The maximum atomic E-state index is 13.6. The molecule has 0 heterocycles. The number of Topliss-reactive ketones (excluding diaryl/α,β-unsaturated/α-hetero) is 1. The first-order valence-corrected chi connectivity index (χ1v) is 4.59. The second-order valence-electron chi connectivity index (χ2n) is 3.02. The van der Waals surface area contributed by atoms with Crippen LogP contribution in [-0.4, -0.2) is 17.3 Å². The fraction of sp³-hybridized carbons (Fsp3) is 0.300. The summed E-state index contributed by atoms with van der Waals surface area (Å²) in [6.07, 6.45) is 0. The highest BCUT2D eigenvalue weighted by molar-refractivity contribution is 5.95. The predicted molar refractivity (Wildman–Crippen MR) is 54.2 cm³/mol. The third-order valence-electron chi connectivity index (χ3n) is 1.94. The minimum atomic E-state index is -1.15. The summed E-state index contributed by atoms with van der Waals surface area (Å²) in [4.78, 5) is 20.8. The third kappa shape index (κ3) is 2.16. The summed E-state index contributed by atoms with van der Waals surface area (Å²) >= 11 is 0. The number of nitro benzene ring substituents is 1. The van der Waals surface area contributed by atoms with Gasteiger partial charge < -0.3 is 4.74 Å². The normalized spacial score (nSPS) is 9.94. The third-order valence-corrected chi connectivity index (χ3v) is 1.94.